The predicted molar refractivity (Wildman–Crippen MR) is 61.5 cm³/mol. The Bertz CT molecular complexity index is 392. The smallest absolute Gasteiger partial charge is 0.119 e. The maximum absolute atomic E-state index is 5.89. The van der Waals surface area contributed by atoms with Crippen molar-refractivity contribution >= 4 is 0 Å². The fourth-order valence-electron chi connectivity index (χ4n) is 2.68. The van der Waals surface area contributed by atoms with Gasteiger partial charge in [0.25, 0.3) is 0 Å². The Balaban J connectivity index is 1.96. The first-order chi connectivity index (χ1) is 7.88. The molecule has 2 atom stereocenters. The lowest BCUT2D eigenvalue weighted by atomic mass is 9.89. The molecule has 0 aromatic heterocycles. The number of fused-ring (bicyclic) bond motifs is 3. The van der Waals surface area contributed by atoms with Gasteiger partial charge in [0.05, 0.1) is 25.9 Å². The van der Waals surface area contributed by atoms with Crippen molar-refractivity contribution in [1.29, 1.82) is 0 Å². The number of ether oxygens (including phenoxy) is 2. The van der Waals surface area contributed by atoms with Crippen LogP contribution in [0.4, 0.5) is 0 Å². The summed E-state index contributed by atoms with van der Waals surface area (Å²) < 4.78 is 11.1. The van der Waals surface area contributed by atoms with Crippen LogP contribution < -0.4 is 10.1 Å². The van der Waals surface area contributed by atoms with Crippen LogP contribution in [-0.2, 0) is 11.3 Å². The molecule has 1 N–H and O–H groups in total. The number of hydrogen-bond acceptors (Lipinski definition) is 3. The molecule has 2 aliphatic heterocycles. The average molecular weight is 219 g/mol. The summed E-state index contributed by atoms with van der Waals surface area (Å²) in [5.41, 5.74) is 2.65. The van der Waals surface area contributed by atoms with Gasteiger partial charge in [-0.1, -0.05) is 6.07 Å². The Kier molecular flexibility index (Phi) is 2.58. The first-order valence-corrected chi connectivity index (χ1v) is 5.90. The van der Waals surface area contributed by atoms with Gasteiger partial charge in [0, 0.05) is 0 Å². The zero-order chi connectivity index (χ0) is 11.0. The van der Waals surface area contributed by atoms with Gasteiger partial charge in [0.2, 0.25) is 0 Å². The first-order valence-electron chi connectivity index (χ1n) is 5.90. The van der Waals surface area contributed by atoms with E-state index >= 15 is 0 Å². The first kappa shape index (κ1) is 10.1. The molecule has 0 amide bonds. The summed E-state index contributed by atoms with van der Waals surface area (Å²) in [4.78, 5) is 0. The Labute approximate surface area is 95.8 Å². The molecule has 16 heavy (non-hydrogen) atoms. The molecule has 2 aliphatic rings. The quantitative estimate of drug-likeness (QED) is 0.784. The van der Waals surface area contributed by atoms with E-state index in [9.17, 15) is 0 Å². The third kappa shape index (κ3) is 1.60. The fourth-order valence-corrected chi connectivity index (χ4v) is 2.68. The molecular formula is C13H17NO2. The molecule has 0 saturated carbocycles. The summed E-state index contributed by atoms with van der Waals surface area (Å²) >= 11 is 0. The summed E-state index contributed by atoms with van der Waals surface area (Å²) in [6.07, 6.45) is 2.74. The number of piperidine rings is 1. The lowest BCUT2D eigenvalue weighted by molar-refractivity contribution is -0.0178. The normalized spacial score (nSPS) is 28.1. The largest absolute Gasteiger partial charge is 0.497 e. The molecular weight excluding hydrogens is 202 g/mol. The molecule has 1 fully saturated rings. The molecule has 1 aromatic carbocycles. The maximum atomic E-state index is 5.89. The van der Waals surface area contributed by atoms with E-state index in [1.54, 1.807) is 7.11 Å². The Hall–Kier alpha value is -1.06. The molecule has 0 bridgehead atoms. The highest BCUT2D eigenvalue weighted by Crippen LogP contribution is 2.35. The highest BCUT2D eigenvalue weighted by atomic mass is 16.5. The van der Waals surface area contributed by atoms with Gasteiger partial charge in [0.1, 0.15) is 5.75 Å². The summed E-state index contributed by atoms with van der Waals surface area (Å²) in [5.74, 6) is 0.914. The maximum Gasteiger partial charge on any atom is 0.119 e. The van der Waals surface area contributed by atoms with Gasteiger partial charge in [-0.25, -0.2) is 0 Å². The predicted octanol–water partition coefficient (Wildman–Crippen LogP) is 2.02. The van der Waals surface area contributed by atoms with E-state index in [0.717, 1.165) is 18.9 Å². The van der Waals surface area contributed by atoms with Crippen LogP contribution in [0.5, 0.6) is 5.75 Å². The topological polar surface area (TPSA) is 30.5 Å². The molecule has 0 spiro atoms. The number of nitrogens with one attached hydrogen (secondary N) is 1. The zero-order valence-corrected chi connectivity index (χ0v) is 9.53. The van der Waals surface area contributed by atoms with Crippen molar-refractivity contribution in [2.45, 2.75) is 31.6 Å². The van der Waals surface area contributed by atoms with Crippen molar-refractivity contribution in [3.05, 3.63) is 29.3 Å². The van der Waals surface area contributed by atoms with Crippen molar-refractivity contribution in [3.63, 3.8) is 0 Å². The summed E-state index contributed by atoms with van der Waals surface area (Å²) in [7, 11) is 1.70. The van der Waals surface area contributed by atoms with Gasteiger partial charge in [-0.3, -0.25) is 0 Å². The van der Waals surface area contributed by atoms with Gasteiger partial charge in [-0.05, 0) is 42.6 Å². The minimum Gasteiger partial charge on any atom is -0.497 e. The second kappa shape index (κ2) is 4.07. The standard InChI is InChI=1S/C13H17NO2/c1-15-10-4-5-11-9(7-10)8-16-12-3-2-6-14-13(11)12/h4-5,7,12-14H,2-3,6,8H2,1H3/t12-,13-/m1/s1. The second-order valence-electron chi connectivity index (χ2n) is 4.49. The lowest BCUT2D eigenvalue weighted by Gasteiger charge is -2.37. The number of hydrogen-bond donors (Lipinski definition) is 1. The van der Waals surface area contributed by atoms with Gasteiger partial charge >= 0.3 is 0 Å². The molecule has 0 aliphatic carbocycles. The molecule has 0 unspecified atom stereocenters. The number of methoxy groups -OCH3 is 1. The Morgan fingerprint density at radius 2 is 2.38 bits per heavy atom. The van der Waals surface area contributed by atoms with Crippen molar-refractivity contribution in [2.24, 2.45) is 0 Å². The van der Waals surface area contributed by atoms with Crippen LogP contribution in [0.1, 0.15) is 30.0 Å². The minimum atomic E-state index is 0.356. The monoisotopic (exact) mass is 219 g/mol. The average Bonchev–Trinajstić information content (AvgIpc) is 2.38. The molecule has 2 heterocycles. The highest BCUT2D eigenvalue weighted by molar-refractivity contribution is 5.39. The van der Waals surface area contributed by atoms with E-state index in [-0.39, 0.29) is 0 Å². The van der Waals surface area contributed by atoms with E-state index in [0.29, 0.717) is 12.1 Å². The van der Waals surface area contributed by atoms with Crippen LogP contribution in [0.2, 0.25) is 0 Å². The Morgan fingerprint density at radius 3 is 3.25 bits per heavy atom. The van der Waals surface area contributed by atoms with E-state index in [2.05, 4.69) is 17.4 Å². The van der Waals surface area contributed by atoms with Crippen LogP contribution in [0, 0.1) is 0 Å². The Morgan fingerprint density at radius 1 is 1.44 bits per heavy atom. The SMILES string of the molecule is COc1ccc2c(c1)CO[C@@H]1CCCN[C@H]21. The van der Waals surface area contributed by atoms with Gasteiger partial charge in [-0.15, -0.1) is 0 Å². The van der Waals surface area contributed by atoms with Crippen LogP contribution in [0.3, 0.4) is 0 Å². The molecule has 0 radical (unpaired) electrons. The molecule has 3 rings (SSSR count). The minimum absolute atomic E-state index is 0.356. The third-order valence-corrected chi connectivity index (χ3v) is 3.54. The van der Waals surface area contributed by atoms with Crippen molar-refractivity contribution in [1.82, 2.24) is 5.32 Å². The molecule has 3 heteroatoms. The lowest BCUT2D eigenvalue weighted by Crippen LogP contribution is -2.42. The fraction of sp³-hybridized carbons (Fsp3) is 0.538. The van der Waals surface area contributed by atoms with Crippen LogP contribution >= 0.6 is 0 Å². The van der Waals surface area contributed by atoms with Gasteiger partial charge in [-0.2, -0.15) is 0 Å². The molecule has 1 saturated heterocycles. The number of benzene rings is 1. The molecule has 3 nitrogen and oxygen atoms in total. The van der Waals surface area contributed by atoms with E-state index in [4.69, 9.17) is 9.47 Å². The van der Waals surface area contributed by atoms with E-state index < -0.39 is 0 Å². The van der Waals surface area contributed by atoms with Gasteiger partial charge < -0.3 is 14.8 Å². The summed E-state index contributed by atoms with van der Waals surface area (Å²) in [6.45, 7) is 1.81. The molecule has 1 aromatic rings. The summed E-state index contributed by atoms with van der Waals surface area (Å²) in [5, 5.41) is 3.55. The molecule has 86 valence electrons. The van der Waals surface area contributed by atoms with Crippen LogP contribution in [-0.4, -0.2) is 19.8 Å². The van der Waals surface area contributed by atoms with Crippen molar-refractivity contribution in [2.75, 3.05) is 13.7 Å². The van der Waals surface area contributed by atoms with Crippen LogP contribution in [0.25, 0.3) is 0 Å². The van der Waals surface area contributed by atoms with E-state index in [1.807, 2.05) is 6.07 Å². The van der Waals surface area contributed by atoms with Crippen molar-refractivity contribution in [3.8, 4) is 5.75 Å². The zero-order valence-electron chi connectivity index (χ0n) is 9.53. The highest BCUT2D eigenvalue weighted by Gasteiger charge is 2.32. The summed E-state index contributed by atoms with van der Waals surface area (Å²) in [6, 6.07) is 6.68. The van der Waals surface area contributed by atoms with Crippen molar-refractivity contribution < 1.29 is 9.47 Å². The van der Waals surface area contributed by atoms with E-state index in [1.165, 1.54) is 24.0 Å². The number of rotatable bonds is 1. The van der Waals surface area contributed by atoms with Gasteiger partial charge in [0.15, 0.2) is 0 Å². The second-order valence-corrected chi connectivity index (χ2v) is 4.49. The van der Waals surface area contributed by atoms with Crippen LogP contribution in [0.15, 0.2) is 18.2 Å². The third-order valence-electron chi connectivity index (χ3n) is 3.54.